The number of halogens is 1. The summed E-state index contributed by atoms with van der Waals surface area (Å²) in [6, 6.07) is 14.0. The molecule has 142 valence electrons. The van der Waals surface area contributed by atoms with E-state index in [0.29, 0.717) is 22.1 Å². The molecule has 0 aliphatic heterocycles. The highest BCUT2D eigenvalue weighted by Crippen LogP contribution is 2.27. The molecule has 7 heteroatoms. The summed E-state index contributed by atoms with van der Waals surface area (Å²) in [6.07, 6.45) is 0. The minimum Gasteiger partial charge on any atom is -0.323 e. The van der Waals surface area contributed by atoms with Crippen molar-refractivity contribution in [2.75, 3.05) is 5.32 Å². The second kappa shape index (κ2) is 6.80. The van der Waals surface area contributed by atoms with E-state index in [2.05, 4.69) is 10.3 Å². The maximum absolute atomic E-state index is 13.0. The summed E-state index contributed by atoms with van der Waals surface area (Å²) in [7, 11) is 0. The van der Waals surface area contributed by atoms with Crippen molar-refractivity contribution in [3.05, 3.63) is 75.2 Å². The molecule has 0 bridgehead atoms. The van der Waals surface area contributed by atoms with E-state index in [1.807, 2.05) is 53.4 Å². The molecule has 0 aliphatic carbocycles. The number of carbonyl (C=O) groups excluding carboxylic acids is 1. The van der Waals surface area contributed by atoms with Gasteiger partial charge in [-0.15, -0.1) is 0 Å². The molecular formula is C21H19ClN4O2. The van der Waals surface area contributed by atoms with Crippen molar-refractivity contribution in [2.45, 2.75) is 26.8 Å². The van der Waals surface area contributed by atoms with Crippen LogP contribution in [0.3, 0.4) is 0 Å². The van der Waals surface area contributed by atoms with E-state index < -0.39 is 6.04 Å². The molecule has 4 aromatic rings. The van der Waals surface area contributed by atoms with E-state index in [-0.39, 0.29) is 11.5 Å². The fourth-order valence-corrected chi connectivity index (χ4v) is 3.74. The van der Waals surface area contributed by atoms with Crippen LogP contribution in [0.15, 0.2) is 53.3 Å². The van der Waals surface area contributed by atoms with E-state index in [1.54, 1.807) is 19.1 Å². The van der Waals surface area contributed by atoms with Crippen LogP contribution in [0.4, 0.5) is 5.69 Å². The van der Waals surface area contributed by atoms with Crippen LogP contribution in [-0.4, -0.2) is 20.1 Å². The van der Waals surface area contributed by atoms with Crippen LogP contribution in [0.1, 0.15) is 24.2 Å². The third-order valence-electron chi connectivity index (χ3n) is 4.82. The second-order valence-corrected chi connectivity index (χ2v) is 7.29. The van der Waals surface area contributed by atoms with Crippen LogP contribution < -0.4 is 10.9 Å². The van der Waals surface area contributed by atoms with Crippen molar-refractivity contribution >= 4 is 39.7 Å². The van der Waals surface area contributed by atoms with Crippen molar-refractivity contribution in [1.82, 2.24) is 14.2 Å². The first-order valence-electron chi connectivity index (χ1n) is 8.93. The normalized spacial score (nSPS) is 12.4. The molecule has 0 aliphatic rings. The molecule has 0 saturated carbocycles. The maximum atomic E-state index is 13.0. The lowest BCUT2D eigenvalue weighted by Gasteiger charge is -2.18. The van der Waals surface area contributed by atoms with Crippen molar-refractivity contribution in [1.29, 1.82) is 0 Å². The molecule has 1 atom stereocenters. The lowest BCUT2D eigenvalue weighted by atomic mass is 10.2. The first-order chi connectivity index (χ1) is 13.4. The topological polar surface area (TPSA) is 68.4 Å². The van der Waals surface area contributed by atoms with E-state index in [0.717, 1.165) is 16.5 Å². The van der Waals surface area contributed by atoms with E-state index in [9.17, 15) is 9.59 Å². The van der Waals surface area contributed by atoms with Gasteiger partial charge in [-0.1, -0.05) is 29.8 Å². The number of aryl methyl sites for hydroxylation is 2. The molecule has 0 spiro atoms. The molecule has 1 unspecified atom stereocenters. The van der Waals surface area contributed by atoms with Gasteiger partial charge in [-0.05, 0) is 50.6 Å². The first kappa shape index (κ1) is 18.3. The molecule has 0 fully saturated rings. The number of para-hydroxylation sites is 1. The summed E-state index contributed by atoms with van der Waals surface area (Å²) in [6.45, 7) is 5.57. The molecule has 6 nitrogen and oxygen atoms in total. The Bertz CT molecular complexity index is 1290. The van der Waals surface area contributed by atoms with Crippen molar-refractivity contribution in [2.24, 2.45) is 0 Å². The number of nitrogens with zero attached hydrogens (tertiary/aromatic N) is 3. The second-order valence-electron chi connectivity index (χ2n) is 6.88. The number of amides is 1. The van der Waals surface area contributed by atoms with Gasteiger partial charge in [0.1, 0.15) is 6.04 Å². The van der Waals surface area contributed by atoms with Crippen LogP contribution >= 0.6 is 11.6 Å². The third-order valence-corrected chi connectivity index (χ3v) is 5.13. The maximum Gasteiger partial charge on any atom is 0.273 e. The molecule has 2 heterocycles. The van der Waals surface area contributed by atoms with Crippen LogP contribution in [-0.2, 0) is 4.79 Å². The Kier molecular flexibility index (Phi) is 4.43. The number of anilines is 1. The van der Waals surface area contributed by atoms with E-state index in [1.165, 1.54) is 6.07 Å². The summed E-state index contributed by atoms with van der Waals surface area (Å²) < 4.78 is 3.66. The molecular weight excluding hydrogens is 376 g/mol. The summed E-state index contributed by atoms with van der Waals surface area (Å²) in [5.74, 6) is -0.216. The number of benzene rings is 2. The van der Waals surface area contributed by atoms with E-state index in [4.69, 9.17) is 11.6 Å². The van der Waals surface area contributed by atoms with Gasteiger partial charge in [0, 0.05) is 17.1 Å². The van der Waals surface area contributed by atoms with Gasteiger partial charge in [0.05, 0.1) is 16.2 Å². The van der Waals surface area contributed by atoms with Gasteiger partial charge < -0.3 is 5.32 Å². The largest absolute Gasteiger partial charge is 0.323 e. The molecule has 4 rings (SSSR count). The van der Waals surface area contributed by atoms with Gasteiger partial charge in [-0.2, -0.15) is 4.98 Å². The monoisotopic (exact) mass is 394 g/mol. The van der Waals surface area contributed by atoms with E-state index >= 15 is 0 Å². The number of nitrogens with one attached hydrogen (secondary N) is 1. The average Bonchev–Trinajstić information content (AvgIpc) is 2.98. The number of hydrogen-bond acceptors (Lipinski definition) is 3. The molecule has 2 aromatic carbocycles. The van der Waals surface area contributed by atoms with Crippen LogP contribution in [0.25, 0.3) is 16.6 Å². The number of fused-ring (bicyclic) bond motifs is 3. The number of rotatable bonds is 3. The highest BCUT2D eigenvalue weighted by atomic mass is 35.5. The average molecular weight is 395 g/mol. The summed E-state index contributed by atoms with van der Waals surface area (Å²) >= 11 is 6.26. The van der Waals surface area contributed by atoms with Gasteiger partial charge in [-0.25, -0.2) is 4.52 Å². The molecule has 0 saturated heterocycles. The minimum atomic E-state index is -0.567. The third kappa shape index (κ3) is 2.96. The van der Waals surface area contributed by atoms with Crippen LogP contribution in [0.5, 0.6) is 0 Å². The zero-order valence-electron chi connectivity index (χ0n) is 15.7. The number of carbonyl (C=O) groups is 1. The van der Waals surface area contributed by atoms with Gasteiger partial charge in [0.15, 0.2) is 5.65 Å². The predicted octanol–water partition coefficient (Wildman–Crippen LogP) is 4.12. The number of aromatic nitrogens is 3. The van der Waals surface area contributed by atoms with Crippen LogP contribution in [0.2, 0.25) is 5.02 Å². The predicted molar refractivity (Wildman–Crippen MR) is 111 cm³/mol. The molecule has 1 amide bonds. The zero-order chi connectivity index (χ0) is 20.0. The summed E-state index contributed by atoms with van der Waals surface area (Å²) in [5.41, 5.74) is 3.34. The molecule has 2 aromatic heterocycles. The van der Waals surface area contributed by atoms with Gasteiger partial charge in [-0.3, -0.25) is 14.3 Å². The Balaban J connectivity index is 1.85. The van der Waals surface area contributed by atoms with Gasteiger partial charge >= 0.3 is 0 Å². The van der Waals surface area contributed by atoms with Gasteiger partial charge in [0.25, 0.3) is 5.56 Å². The lowest BCUT2D eigenvalue weighted by Crippen LogP contribution is -2.27. The van der Waals surface area contributed by atoms with Crippen molar-refractivity contribution < 1.29 is 4.79 Å². The minimum absolute atomic E-state index is 0.216. The Morgan fingerprint density at radius 2 is 1.89 bits per heavy atom. The molecule has 28 heavy (non-hydrogen) atoms. The summed E-state index contributed by atoms with van der Waals surface area (Å²) in [4.78, 5) is 29.1. The highest BCUT2D eigenvalue weighted by molar-refractivity contribution is 6.33. The summed E-state index contributed by atoms with van der Waals surface area (Å²) in [5, 5.41) is 4.20. The quantitative estimate of drug-likeness (QED) is 0.568. The lowest BCUT2D eigenvalue weighted by molar-refractivity contribution is -0.119. The first-order valence-corrected chi connectivity index (χ1v) is 9.31. The fourth-order valence-electron chi connectivity index (χ4n) is 3.46. The highest BCUT2D eigenvalue weighted by Gasteiger charge is 2.23. The van der Waals surface area contributed by atoms with Crippen molar-refractivity contribution in [3.8, 4) is 0 Å². The standard InChI is InChI=1S/C21H19ClN4O2/c1-12-8-9-17(16(22)10-12)23-21(28)14(3)26-18-7-5-4-6-15(18)20-24-19(27)11-13(2)25(20)26/h4-11,14H,1-3H3,(H,23,28). The number of hydrogen-bond donors (Lipinski definition) is 1. The Morgan fingerprint density at radius 1 is 1.14 bits per heavy atom. The van der Waals surface area contributed by atoms with Crippen molar-refractivity contribution in [3.63, 3.8) is 0 Å². The zero-order valence-corrected chi connectivity index (χ0v) is 16.5. The van der Waals surface area contributed by atoms with Crippen LogP contribution in [0, 0.1) is 13.8 Å². The smallest absolute Gasteiger partial charge is 0.273 e. The molecule has 0 radical (unpaired) electrons. The Hall–Kier alpha value is -3.12. The Labute approximate surface area is 166 Å². The van der Waals surface area contributed by atoms with Gasteiger partial charge in [0.2, 0.25) is 5.91 Å². The SMILES string of the molecule is Cc1ccc(NC(=O)C(C)n2c3ccccc3c3nc(=O)cc(C)n32)c(Cl)c1. The fraction of sp³-hybridized carbons (Fsp3) is 0.190. The Morgan fingerprint density at radius 3 is 2.64 bits per heavy atom. The molecule has 1 N–H and O–H groups in total.